The summed E-state index contributed by atoms with van der Waals surface area (Å²) in [6.07, 6.45) is 5.96. The fraction of sp³-hybridized carbons (Fsp3) is 0.577. The van der Waals surface area contributed by atoms with Crippen LogP contribution in [0.2, 0.25) is 0 Å². The molecule has 4 rings (SSSR count). The molecule has 1 saturated carbocycles. The zero-order valence-electron chi connectivity index (χ0n) is 18.6. The van der Waals surface area contributed by atoms with E-state index >= 15 is 0 Å². The molecule has 4 heteroatoms. The highest BCUT2D eigenvalue weighted by Crippen LogP contribution is 2.33. The molecule has 1 N–H and O–H groups in total. The number of carbonyl (C=O) groups is 1. The van der Waals surface area contributed by atoms with E-state index in [-0.39, 0.29) is 5.92 Å². The van der Waals surface area contributed by atoms with Gasteiger partial charge in [0.1, 0.15) is 5.75 Å². The zero-order valence-corrected chi connectivity index (χ0v) is 18.6. The zero-order chi connectivity index (χ0) is 21.3. The average Bonchev–Trinajstić information content (AvgIpc) is 3.18. The molecule has 30 heavy (non-hydrogen) atoms. The van der Waals surface area contributed by atoms with Crippen LogP contribution in [0.4, 0.5) is 0 Å². The van der Waals surface area contributed by atoms with Crippen molar-refractivity contribution in [2.75, 3.05) is 13.1 Å². The maximum atomic E-state index is 11.2. The molecule has 1 heterocycles. The molecule has 2 fully saturated rings. The van der Waals surface area contributed by atoms with Gasteiger partial charge in [0.2, 0.25) is 0 Å². The van der Waals surface area contributed by atoms with Crippen molar-refractivity contribution in [2.45, 2.75) is 65.5 Å². The maximum absolute atomic E-state index is 11.2. The van der Waals surface area contributed by atoms with Crippen molar-refractivity contribution in [3.63, 3.8) is 0 Å². The summed E-state index contributed by atoms with van der Waals surface area (Å²) in [7, 11) is 0. The molecule has 2 aromatic carbocycles. The predicted octanol–water partition coefficient (Wildman–Crippen LogP) is 5.65. The van der Waals surface area contributed by atoms with Crippen LogP contribution in [-0.4, -0.2) is 35.2 Å². The van der Waals surface area contributed by atoms with Crippen LogP contribution in [0.5, 0.6) is 5.75 Å². The minimum atomic E-state index is -0.669. The molecule has 1 atom stereocenters. The molecule has 1 aliphatic heterocycles. The first-order chi connectivity index (χ1) is 14.4. The highest BCUT2D eigenvalue weighted by molar-refractivity contribution is 5.87. The monoisotopic (exact) mass is 409 g/mol. The van der Waals surface area contributed by atoms with Gasteiger partial charge in [0.05, 0.1) is 12.0 Å². The maximum Gasteiger partial charge on any atom is 0.307 e. The summed E-state index contributed by atoms with van der Waals surface area (Å²) in [6, 6.07) is 11.0. The standard InChI is InChI=1S/C26H35NO3/c1-17(2)20-6-8-23(9-7-20)30-24-12-18(3)25-13-19(4-5-21(25)14-24)15-27-11-10-22(16-27)26(28)29/h4-5,12-14,17,20,22-23H,6-11,15-16H2,1-3H3,(H,28,29)/t20-,22?,23-. The summed E-state index contributed by atoms with van der Waals surface area (Å²) in [6.45, 7) is 9.15. The Labute approximate surface area is 180 Å². The molecule has 2 aliphatic rings. The van der Waals surface area contributed by atoms with Gasteiger partial charge in [0, 0.05) is 13.1 Å². The Morgan fingerprint density at radius 2 is 1.90 bits per heavy atom. The van der Waals surface area contributed by atoms with Crippen LogP contribution in [0, 0.1) is 24.7 Å². The normalized spacial score (nSPS) is 25.1. The number of nitrogens with zero attached hydrogens (tertiary/aromatic N) is 1. The van der Waals surface area contributed by atoms with Crippen LogP contribution < -0.4 is 4.74 Å². The number of ether oxygens (including phenoxy) is 1. The number of carboxylic acids is 1. The number of aliphatic carboxylic acids is 1. The number of carboxylic acid groups (broad SMARTS) is 1. The number of fused-ring (bicyclic) bond motifs is 1. The van der Waals surface area contributed by atoms with Crippen molar-refractivity contribution in [3.05, 3.63) is 41.5 Å². The van der Waals surface area contributed by atoms with Crippen molar-refractivity contribution < 1.29 is 14.6 Å². The SMILES string of the molecule is Cc1cc(O[C@H]2CC[C@H](C(C)C)CC2)cc2ccc(CN3CCC(C(=O)O)C3)cc12. The Morgan fingerprint density at radius 3 is 2.57 bits per heavy atom. The van der Waals surface area contributed by atoms with Crippen LogP contribution in [0.15, 0.2) is 30.3 Å². The first-order valence-electron chi connectivity index (χ1n) is 11.5. The van der Waals surface area contributed by atoms with E-state index in [1.807, 2.05) is 0 Å². The number of hydrogen-bond donors (Lipinski definition) is 1. The summed E-state index contributed by atoms with van der Waals surface area (Å²) in [4.78, 5) is 13.5. The third-order valence-corrected chi connectivity index (χ3v) is 7.19. The third kappa shape index (κ3) is 4.80. The Hall–Kier alpha value is -2.07. The lowest BCUT2D eigenvalue weighted by atomic mass is 9.80. The smallest absolute Gasteiger partial charge is 0.307 e. The minimum absolute atomic E-state index is 0.220. The molecule has 0 radical (unpaired) electrons. The summed E-state index contributed by atoms with van der Waals surface area (Å²) in [5.74, 6) is 1.73. The Morgan fingerprint density at radius 1 is 1.13 bits per heavy atom. The fourth-order valence-electron chi connectivity index (χ4n) is 5.22. The predicted molar refractivity (Wildman–Crippen MR) is 121 cm³/mol. The molecule has 4 nitrogen and oxygen atoms in total. The summed E-state index contributed by atoms with van der Waals surface area (Å²) < 4.78 is 6.38. The van der Waals surface area contributed by atoms with E-state index < -0.39 is 5.97 Å². The van der Waals surface area contributed by atoms with Crippen LogP contribution in [0.25, 0.3) is 10.8 Å². The molecule has 0 spiro atoms. The van der Waals surface area contributed by atoms with Crippen LogP contribution in [0.1, 0.15) is 57.1 Å². The van der Waals surface area contributed by atoms with E-state index in [4.69, 9.17) is 4.74 Å². The lowest BCUT2D eigenvalue weighted by Gasteiger charge is -2.31. The second-order valence-corrected chi connectivity index (χ2v) is 9.75. The van der Waals surface area contributed by atoms with Crippen LogP contribution in [-0.2, 0) is 11.3 Å². The molecular formula is C26H35NO3. The summed E-state index contributed by atoms with van der Waals surface area (Å²) in [5, 5.41) is 11.7. The molecule has 162 valence electrons. The number of rotatable bonds is 6. The van der Waals surface area contributed by atoms with Gasteiger partial charge in [-0.2, -0.15) is 0 Å². The molecule has 1 aliphatic carbocycles. The Balaban J connectivity index is 1.42. The van der Waals surface area contributed by atoms with Crippen molar-refractivity contribution in [1.82, 2.24) is 4.90 Å². The van der Waals surface area contributed by atoms with Gasteiger partial charge >= 0.3 is 5.97 Å². The van der Waals surface area contributed by atoms with Crippen LogP contribution in [0.3, 0.4) is 0 Å². The Kier molecular flexibility index (Phi) is 6.33. The molecule has 0 amide bonds. The number of benzene rings is 2. The lowest BCUT2D eigenvalue weighted by molar-refractivity contribution is -0.141. The van der Waals surface area contributed by atoms with Gasteiger partial charge in [-0.3, -0.25) is 9.69 Å². The van der Waals surface area contributed by atoms with Gasteiger partial charge < -0.3 is 9.84 Å². The molecular weight excluding hydrogens is 374 g/mol. The first kappa shape index (κ1) is 21.2. The van der Waals surface area contributed by atoms with Crippen molar-refractivity contribution >= 4 is 16.7 Å². The van der Waals surface area contributed by atoms with Gasteiger partial charge in [0.15, 0.2) is 0 Å². The molecule has 1 unspecified atom stereocenters. The van der Waals surface area contributed by atoms with Gasteiger partial charge in [-0.15, -0.1) is 0 Å². The topological polar surface area (TPSA) is 49.8 Å². The number of hydrogen-bond acceptors (Lipinski definition) is 3. The van der Waals surface area contributed by atoms with Gasteiger partial charge in [-0.25, -0.2) is 0 Å². The highest BCUT2D eigenvalue weighted by Gasteiger charge is 2.28. The van der Waals surface area contributed by atoms with Gasteiger partial charge in [0.25, 0.3) is 0 Å². The van der Waals surface area contributed by atoms with Gasteiger partial charge in [-0.1, -0.05) is 26.0 Å². The molecule has 1 saturated heterocycles. The molecule has 0 bridgehead atoms. The first-order valence-corrected chi connectivity index (χ1v) is 11.5. The third-order valence-electron chi connectivity index (χ3n) is 7.19. The van der Waals surface area contributed by atoms with Crippen molar-refractivity contribution in [1.29, 1.82) is 0 Å². The van der Waals surface area contributed by atoms with E-state index in [1.54, 1.807) is 0 Å². The van der Waals surface area contributed by atoms with Gasteiger partial charge in [-0.05, 0) is 97.5 Å². The average molecular weight is 410 g/mol. The Bertz CT molecular complexity index is 899. The second-order valence-electron chi connectivity index (χ2n) is 9.75. The lowest BCUT2D eigenvalue weighted by Crippen LogP contribution is -2.26. The van der Waals surface area contributed by atoms with E-state index in [9.17, 15) is 9.90 Å². The van der Waals surface area contributed by atoms with E-state index in [0.717, 1.165) is 49.9 Å². The largest absolute Gasteiger partial charge is 0.490 e. The van der Waals surface area contributed by atoms with E-state index in [0.29, 0.717) is 12.6 Å². The molecule has 0 aromatic heterocycles. The van der Waals surface area contributed by atoms with Crippen LogP contribution >= 0.6 is 0 Å². The second kappa shape index (κ2) is 8.97. The van der Waals surface area contributed by atoms with Crippen molar-refractivity contribution in [3.8, 4) is 5.75 Å². The van der Waals surface area contributed by atoms with E-state index in [2.05, 4.69) is 56.0 Å². The molecule has 2 aromatic rings. The number of aryl methyl sites for hydroxylation is 1. The fourth-order valence-corrected chi connectivity index (χ4v) is 5.22. The highest BCUT2D eigenvalue weighted by atomic mass is 16.5. The quantitative estimate of drug-likeness (QED) is 0.670. The van der Waals surface area contributed by atoms with E-state index in [1.165, 1.54) is 34.7 Å². The number of likely N-dealkylation sites (tertiary alicyclic amines) is 1. The summed E-state index contributed by atoms with van der Waals surface area (Å²) in [5.41, 5.74) is 2.49. The minimum Gasteiger partial charge on any atom is -0.490 e. The van der Waals surface area contributed by atoms with Crippen molar-refractivity contribution in [2.24, 2.45) is 17.8 Å². The summed E-state index contributed by atoms with van der Waals surface area (Å²) >= 11 is 0.